The van der Waals surface area contributed by atoms with Gasteiger partial charge in [-0.05, 0) is 24.5 Å². The van der Waals surface area contributed by atoms with Crippen LogP contribution in [0.3, 0.4) is 0 Å². The molecule has 3 rings (SSSR count). The van der Waals surface area contributed by atoms with Crippen molar-refractivity contribution in [2.45, 2.75) is 23.9 Å². The quantitative estimate of drug-likeness (QED) is 0.909. The minimum absolute atomic E-state index is 0.0651. The lowest BCUT2D eigenvalue weighted by Crippen LogP contribution is -2.32. The van der Waals surface area contributed by atoms with E-state index in [4.69, 9.17) is 5.73 Å². The van der Waals surface area contributed by atoms with Crippen LogP contribution in [0.2, 0.25) is 0 Å². The van der Waals surface area contributed by atoms with Crippen LogP contribution in [0.25, 0.3) is 0 Å². The summed E-state index contributed by atoms with van der Waals surface area (Å²) >= 11 is 0. The maximum Gasteiger partial charge on any atom is 0.283 e. The molecule has 0 radical (unpaired) electrons. The molecule has 1 aromatic carbocycles. The molecular formula is C14H18N4O2S. The number of rotatable bonds is 2. The van der Waals surface area contributed by atoms with Crippen LogP contribution in [0.4, 0.5) is 5.69 Å². The lowest BCUT2D eigenvalue weighted by atomic mass is 10.0. The smallest absolute Gasteiger partial charge is 0.283 e. The summed E-state index contributed by atoms with van der Waals surface area (Å²) in [5, 5.41) is 0.0651. The molecule has 6 nitrogen and oxygen atoms in total. The van der Waals surface area contributed by atoms with Crippen molar-refractivity contribution in [3.8, 4) is 0 Å². The molecule has 0 spiro atoms. The van der Waals surface area contributed by atoms with E-state index in [1.807, 2.05) is 18.2 Å². The molecule has 7 heteroatoms. The number of imidazole rings is 1. The van der Waals surface area contributed by atoms with E-state index in [-0.39, 0.29) is 11.1 Å². The number of aryl methyl sites for hydroxylation is 1. The van der Waals surface area contributed by atoms with Crippen LogP contribution in [0, 0.1) is 0 Å². The minimum atomic E-state index is -3.66. The number of fused-ring (bicyclic) bond motifs is 1. The van der Waals surface area contributed by atoms with Gasteiger partial charge >= 0.3 is 0 Å². The Balaban J connectivity index is 2.12. The SMILES string of the molecule is Cn1cnc(S(=O)(=O)N2CCCC(N)c3ccccc32)c1. The van der Waals surface area contributed by atoms with Gasteiger partial charge in [0, 0.05) is 25.8 Å². The molecule has 0 amide bonds. The van der Waals surface area contributed by atoms with Gasteiger partial charge in [0.05, 0.1) is 12.0 Å². The van der Waals surface area contributed by atoms with E-state index in [2.05, 4.69) is 4.98 Å². The number of hydrogen-bond donors (Lipinski definition) is 1. The van der Waals surface area contributed by atoms with Crippen LogP contribution in [0.15, 0.2) is 41.8 Å². The van der Waals surface area contributed by atoms with Crippen molar-refractivity contribution in [1.29, 1.82) is 0 Å². The second-order valence-corrected chi connectivity index (χ2v) is 7.07. The van der Waals surface area contributed by atoms with E-state index >= 15 is 0 Å². The Hall–Kier alpha value is -1.86. The number of sulfonamides is 1. The van der Waals surface area contributed by atoms with Gasteiger partial charge in [-0.3, -0.25) is 4.31 Å². The summed E-state index contributed by atoms with van der Waals surface area (Å²) in [6.07, 6.45) is 4.50. The lowest BCUT2D eigenvalue weighted by Gasteiger charge is -2.23. The molecule has 0 aliphatic carbocycles. The molecule has 0 bridgehead atoms. The highest BCUT2D eigenvalue weighted by atomic mass is 32.2. The number of benzene rings is 1. The van der Waals surface area contributed by atoms with E-state index in [1.54, 1.807) is 17.7 Å². The zero-order chi connectivity index (χ0) is 15.0. The monoisotopic (exact) mass is 306 g/mol. The molecule has 1 atom stereocenters. The Labute approximate surface area is 124 Å². The Bertz CT molecular complexity index is 754. The fraction of sp³-hybridized carbons (Fsp3) is 0.357. The van der Waals surface area contributed by atoms with Crippen LogP contribution in [0.5, 0.6) is 0 Å². The average Bonchev–Trinajstić information content (AvgIpc) is 2.83. The van der Waals surface area contributed by atoms with Gasteiger partial charge < -0.3 is 10.3 Å². The number of aromatic nitrogens is 2. The highest BCUT2D eigenvalue weighted by molar-refractivity contribution is 7.92. The predicted octanol–water partition coefficient (Wildman–Crippen LogP) is 1.41. The molecule has 0 fully saturated rings. The molecule has 2 heterocycles. The van der Waals surface area contributed by atoms with Crippen LogP contribution >= 0.6 is 0 Å². The zero-order valence-corrected chi connectivity index (χ0v) is 12.6. The first-order chi connectivity index (χ1) is 10.00. The maximum atomic E-state index is 12.8. The summed E-state index contributed by atoms with van der Waals surface area (Å²) in [6.45, 7) is 0.420. The fourth-order valence-electron chi connectivity index (χ4n) is 2.64. The third-order valence-electron chi connectivity index (χ3n) is 3.72. The standard InChI is InChI=1S/C14H18N4O2S/c1-17-9-14(16-10-17)21(19,20)18-8-4-6-12(15)11-5-2-3-7-13(11)18/h2-3,5,7,9-10,12H,4,6,8,15H2,1H3. The minimum Gasteiger partial charge on any atom is -0.339 e. The zero-order valence-electron chi connectivity index (χ0n) is 11.8. The van der Waals surface area contributed by atoms with E-state index in [9.17, 15) is 8.42 Å². The summed E-state index contributed by atoms with van der Waals surface area (Å²) in [7, 11) is -1.91. The van der Waals surface area contributed by atoms with E-state index in [0.717, 1.165) is 18.4 Å². The van der Waals surface area contributed by atoms with Crippen molar-refractivity contribution >= 4 is 15.7 Å². The lowest BCUT2D eigenvalue weighted by molar-refractivity contribution is 0.583. The van der Waals surface area contributed by atoms with Crippen molar-refractivity contribution < 1.29 is 8.42 Å². The van der Waals surface area contributed by atoms with E-state index in [1.165, 1.54) is 16.8 Å². The van der Waals surface area contributed by atoms with Gasteiger partial charge in [0.15, 0.2) is 5.03 Å². The molecule has 112 valence electrons. The largest absolute Gasteiger partial charge is 0.339 e. The first kappa shape index (κ1) is 14.1. The Morgan fingerprint density at radius 3 is 2.81 bits per heavy atom. The average molecular weight is 306 g/mol. The summed E-state index contributed by atoms with van der Waals surface area (Å²) < 4.78 is 28.7. The predicted molar refractivity (Wildman–Crippen MR) is 80.3 cm³/mol. The highest BCUT2D eigenvalue weighted by Gasteiger charge is 2.31. The molecule has 0 saturated carbocycles. The van der Waals surface area contributed by atoms with Gasteiger partial charge in [0.1, 0.15) is 0 Å². The van der Waals surface area contributed by atoms with Crippen LogP contribution < -0.4 is 10.0 Å². The molecule has 1 aliphatic heterocycles. The third-order valence-corrected chi connectivity index (χ3v) is 5.42. The second-order valence-electron chi connectivity index (χ2n) is 5.26. The molecule has 2 aromatic rings. The highest BCUT2D eigenvalue weighted by Crippen LogP contribution is 2.34. The van der Waals surface area contributed by atoms with Crippen molar-refractivity contribution in [2.75, 3.05) is 10.8 Å². The van der Waals surface area contributed by atoms with Crippen molar-refractivity contribution in [1.82, 2.24) is 9.55 Å². The van der Waals surface area contributed by atoms with Gasteiger partial charge in [-0.2, -0.15) is 8.42 Å². The number of nitrogens with two attached hydrogens (primary N) is 1. The van der Waals surface area contributed by atoms with Crippen molar-refractivity contribution in [3.05, 3.63) is 42.4 Å². The first-order valence-electron chi connectivity index (χ1n) is 6.85. The molecule has 2 N–H and O–H groups in total. The Morgan fingerprint density at radius 1 is 1.33 bits per heavy atom. The van der Waals surface area contributed by atoms with Gasteiger partial charge in [-0.15, -0.1) is 0 Å². The van der Waals surface area contributed by atoms with E-state index < -0.39 is 10.0 Å². The molecule has 1 aliphatic rings. The van der Waals surface area contributed by atoms with E-state index in [0.29, 0.717) is 12.2 Å². The van der Waals surface area contributed by atoms with Crippen molar-refractivity contribution in [2.24, 2.45) is 12.8 Å². The van der Waals surface area contributed by atoms with Crippen LogP contribution in [0.1, 0.15) is 24.4 Å². The summed E-state index contributed by atoms with van der Waals surface area (Å²) in [4.78, 5) is 3.99. The Kier molecular flexibility index (Phi) is 3.46. The molecule has 1 aromatic heterocycles. The number of nitrogens with zero attached hydrogens (tertiary/aromatic N) is 3. The topological polar surface area (TPSA) is 81.2 Å². The first-order valence-corrected chi connectivity index (χ1v) is 8.29. The third kappa shape index (κ3) is 2.43. The Morgan fingerprint density at radius 2 is 2.10 bits per heavy atom. The van der Waals surface area contributed by atoms with Gasteiger partial charge in [0.25, 0.3) is 10.0 Å². The fourth-order valence-corrected chi connectivity index (χ4v) is 4.14. The van der Waals surface area contributed by atoms with Gasteiger partial charge in [-0.25, -0.2) is 4.98 Å². The molecule has 21 heavy (non-hydrogen) atoms. The van der Waals surface area contributed by atoms with Crippen LogP contribution in [-0.2, 0) is 17.1 Å². The summed E-state index contributed by atoms with van der Waals surface area (Å²) in [5.41, 5.74) is 7.68. The maximum absolute atomic E-state index is 12.8. The normalized spacial score (nSPS) is 19.1. The van der Waals surface area contributed by atoms with Gasteiger partial charge in [-0.1, -0.05) is 18.2 Å². The van der Waals surface area contributed by atoms with Crippen LogP contribution in [-0.4, -0.2) is 24.5 Å². The summed E-state index contributed by atoms with van der Waals surface area (Å²) in [6, 6.07) is 7.28. The van der Waals surface area contributed by atoms with Crippen molar-refractivity contribution in [3.63, 3.8) is 0 Å². The number of hydrogen-bond acceptors (Lipinski definition) is 4. The molecular weight excluding hydrogens is 288 g/mol. The number of anilines is 1. The van der Waals surface area contributed by atoms with Gasteiger partial charge in [0.2, 0.25) is 0 Å². The second kappa shape index (κ2) is 5.16. The molecule has 0 saturated heterocycles. The summed E-state index contributed by atoms with van der Waals surface area (Å²) in [5.74, 6) is 0. The number of para-hydroxylation sites is 1. The molecule has 1 unspecified atom stereocenters.